The topological polar surface area (TPSA) is 37.3 Å². The minimum Gasteiger partial charge on any atom is -0.478 e. The van der Waals surface area contributed by atoms with Crippen molar-refractivity contribution in [2.75, 3.05) is 0 Å². The zero-order valence-electron chi connectivity index (χ0n) is 8.83. The maximum Gasteiger partial charge on any atom is 0.328 e. The van der Waals surface area contributed by atoms with Crippen molar-refractivity contribution in [2.45, 2.75) is 38.5 Å². The van der Waals surface area contributed by atoms with Crippen LogP contribution in [0.1, 0.15) is 38.5 Å². The van der Waals surface area contributed by atoms with Crippen molar-refractivity contribution in [3.8, 4) is 0 Å². The van der Waals surface area contributed by atoms with Gasteiger partial charge in [0, 0.05) is 6.08 Å². The first-order valence-corrected chi connectivity index (χ1v) is 5.60. The molecule has 1 N–H and O–H groups in total. The summed E-state index contributed by atoms with van der Waals surface area (Å²) in [6, 6.07) is 0. The Morgan fingerprint density at radius 2 is 2.13 bits per heavy atom. The second-order valence-corrected chi connectivity index (χ2v) is 4.15. The molecule has 2 rings (SSSR count). The Balaban J connectivity index is 2.19. The van der Waals surface area contributed by atoms with Gasteiger partial charge in [-0.25, -0.2) is 4.79 Å². The third-order valence-corrected chi connectivity index (χ3v) is 3.12. The summed E-state index contributed by atoms with van der Waals surface area (Å²) in [5.41, 5.74) is 4.13. The quantitative estimate of drug-likeness (QED) is 0.717. The van der Waals surface area contributed by atoms with Crippen LogP contribution in [-0.4, -0.2) is 11.1 Å². The summed E-state index contributed by atoms with van der Waals surface area (Å²) in [7, 11) is 0. The molecule has 0 radical (unpaired) electrons. The SMILES string of the molecule is O=C(O)C=CC1=C(C2=CCCC2)CCC1. The van der Waals surface area contributed by atoms with E-state index in [0.29, 0.717) is 0 Å². The number of carbonyl (C=O) groups is 1. The van der Waals surface area contributed by atoms with Crippen molar-refractivity contribution in [3.63, 3.8) is 0 Å². The molecule has 80 valence electrons. The highest BCUT2D eigenvalue weighted by Crippen LogP contribution is 2.36. The summed E-state index contributed by atoms with van der Waals surface area (Å²) in [4.78, 5) is 10.5. The molecule has 0 aromatic rings. The van der Waals surface area contributed by atoms with Crippen LogP contribution in [0.2, 0.25) is 0 Å². The molecule has 0 aromatic heterocycles. The van der Waals surface area contributed by atoms with E-state index in [9.17, 15) is 4.79 Å². The maximum atomic E-state index is 10.5. The third-order valence-electron chi connectivity index (χ3n) is 3.12. The Kier molecular flexibility index (Phi) is 3.05. The number of hydrogen-bond donors (Lipinski definition) is 1. The molecule has 2 aliphatic rings. The van der Waals surface area contributed by atoms with E-state index in [4.69, 9.17) is 5.11 Å². The van der Waals surface area contributed by atoms with Crippen molar-refractivity contribution in [1.29, 1.82) is 0 Å². The fraction of sp³-hybridized carbons (Fsp3) is 0.462. The Labute approximate surface area is 90.0 Å². The minimum atomic E-state index is -0.853. The zero-order valence-corrected chi connectivity index (χ0v) is 8.83. The highest BCUT2D eigenvalue weighted by atomic mass is 16.4. The van der Waals surface area contributed by atoms with Crippen LogP contribution >= 0.6 is 0 Å². The molecule has 0 atom stereocenters. The second kappa shape index (κ2) is 4.47. The molecule has 2 nitrogen and oxygen atoms in total. The van der Waals surface area contributed by atoms with Crippen LogP contribution in [0, 0.1) is 0 Å². The molecular weight excluding hydrogens is 188 g/mol. The van der Waals surface area contributed by atoms with Gasteiger partial charge in [-0.05, 0) is 55.2 Å². The smallest absolute Gasteiger partial charge is 0.328 e. The fourth-order valence-corrected chi connectivity index (χ4v) is 2.43. The predicted octanol–water partition coefficient (Wildman–Crippen LogP) is 3.22. The summed E-state index contributed by atoms with van der Waals surface area (Å²) in [6.07, 6.45) is 12.3. The first-order valence-electron chi connectivity index (χ1n) is 5.60. The Bertz CT molecular complexity index is 359. The predicted molar refractivity (Wildman–Crippen MR) is 59.6 cm³/mol. The van der Waals surface area contributed by atoms with E-state index in [-0.39, 0.29) is 0 Å². The minimum absolute atomic E-state index is 0.853. The maximum absolute atomic E-state index is 10.5. The molecule has 0 fully saturated rings. The molecule has 0 amide bonds. The van der Waals surface area contributed by atoms with Crippen LogP contribution < -0.4 is 0 Å². The molecular formula is C13H16O2. The van der Waals surface area contributed by atoms with Crippen LogP contribution in [0.15, 0.2) is 34.9 Å². The summed E-state index contributed by atoms with van der Waals surface area (Å²) in [6.45, 7) is 0. The summed E-state index contributed by atoms with van der Waals surface area (Å²) in [5, 5.41) is 8.60. The number of carboxylic acid groups (broad SMARTS) is 1. The number of aliphatic carboxylic acids is 1. The van der Waals surface area contributed by atoms with Gasteiger partial charge in [-0.1, -0.05) is 12.2 Å². The van der Waals surface area contributed by atoms with Crippen LogP contribution in [0.4, 0.5) is 0 Å². The van der Waals surface area contributed by atoms with Gasteiger partial charge >= 0.3 is 5.97 Å². The summed E-state index contributed by atoms with van der Waals surface area (Å²) < 4.78 is 0. The molecule has 0 aliphatic heterocycles. The van der Waals surface area contributed by atoms with Gasteiger partial charge in [-0.15, -0.1) is 0 Å². The second-order valence-electron chi connectivity index (χ2n) is 4.15. The lowest BCUT2D eigenvalue weighted by molar-refractivity contribution is -0.131. The average Bonchev–Trinajstić information content (AvgIpc) is 2.85. The van der Waals surface area contributed by atoms with E-state index in [1.165, 1.54) is 48.5 Å². The Hall–Kier alpha value is -1.31. The summed E-state index contributed by atoms with van der Waals surface area (Å²) in [5.74, 6) is -0.853. The molecule has 15 heavy (non-hydrogen) atoms. The van der Waals surface area contributed by atoms with E-state index < -0.39 is 5.97 Å². The number of allylic oxidation sites excluding steroid dienone is 5. The lowest BCUT2D eigenvalue weighted by atomic mass is 10.0. The average molecular weight is 204 g/mol. The highest BCUT2D eigenvalue weighted by Gasteiger charge is 2.17. The monoisotopic (exact) mass is 204 g/mol. The number of hydrogen-bond acceptors (Lipinski definition) is 1. The van der Waals surface area contributed by atoms with Crippen molar-refractivity contribution in [2.24, 2.45) is 0 Å². The van der Waals surface area contributed by atoms with E-state index in [0.717, 1.165) is 12.8 Å². The van der Waals surface area contributed by atoms with Crippen LogP contribution in [0.3, 0.4) is 0 Å². The first-order chi connectivity index (χ1) is 7.27. The van der Waals surface area contributed by atoms with Crippen LogP contribution in [0.25, 0.3) is 0 Å². The third kappa shape index (κ3) is 2.38. The standard InChI is InChI=1S/C13H16O2/c14-13(15)9-8-11-6-3-7-12(11)10-4-1-2-5-10/h4,8-9H,1-3,5-7H2,(H,14,15). The van der Waals surface area contributed by atoms with Crippen molar-refractivity contribution in [1.82, 2.24) is 0 Å². The normalized spacial score (nSPS) is 21.5. The lowest BCUT2D eigenvalue weighted by Gasteiger charge is -2.04. The highest BCUT2D eigenvalue weighted by molar-refractivity contribution is 5.80. The van der Waals surface area contributed by atoms with Crippen molar-refractivity contribution in [3.05, 3.63) is 34.9 Å². The van der Waals surface area contributed by atoms with E-state index >= 15 is 0 Å². The van der Waals surface area contributed by atoms with Gasteiger partial charge in [0.1, 0.15) is 0 Å². The fourth-order valence-electron chi connectivity index (χ4n) is 2.43. The first kappa shape index (κ1) is 10.2. The van der Waals surface area contributed by atoms with Gasteiger partial charge in [0.2, 0.25) is 0 Å². The van der Waals surface area contributed by atoms with Crippen LogP contribution in [0.5, 0.6) is 0 Å². The summed E-state index contributed by atoms with van der Waals surface area (Å²) >= 11 is 0. The number of rotatable bonds is 3. The van der Waals surface area contributed by atoms with Crippen LogP contribution in [-0.2, 0) is 4.79 Å². The van der Waals surface area contributed by atoms with E-state index in [2.05, 4.69) is 6.08 Å². The van der Waals surface area contributed by atoms with Gasteiger partial charge in [-0.2, -0.15) is 0 Å². The molecule has 0 aromatic carbocycles. The Morgan fingerprint density at radius 1 is 1.27 bits per heavy atom. The van der Waals surface area contributed by atoms with Gasteiger partial charge < -0.3 is 5.11 Å². The molecule has 0 bridgehead atoms. The lowest BCUT2D eigenvalue weighted by Crippen LogP contribution is -1.89. The van der Waals surface area contributed by atoms with Gasteiger partial charge in [0.15, 0.2) is 0 Å². The van der Waals surface area contributed by atoms with Crippen molar-refractivity contribution >= 4 is 5.97 Å². The number of carboxylic acids is 1. The molecule has 0 saturated carbocycles. The van der Waals surface area contributed by atoms with Gasteiger partial charge in [0.05, 0.1) is 0 Å². The largest absolute Gasteiger partial charge is 0.478 e. The van der Waals surface area contributed by atoms with Crippen molar-refractivity contribution < 1.29 is 9.90 Å². The molecule has 2 heteroatoms. The van der Waals surface area contributed by atoms with Gasteiger partial charge in [0.25, 0.3) is 0 Å². The molecule has 0 saturated heterocycles. The van der Waals surface area contributed by atoms with Gasteiger partial charge in [-0.3, -0.25) is 0 Å². The van der Waals surface area contributed by atoms with E-state index in [1.807, 2.05) is 0 Å². The molecule has 0 spiro atoms. The molecule has 0 heterocycles. The Morgan fingerprint density at radius 3 is 2.80 bits per heavy atom. The zero-order chi connectivity index (χ0) is 10.7. The molecule has 2 aliphatic carbocycles. The molecule has 0 unspecified atom stereocenters. The van der Waals surface area contributed by atoms with E-state index in [1.54, 1.807) is 6.08 Å².